The molecule has 2 unspecified atom stereocenters. The molecule has 0 aliphatic carbocycles. The zero-order valence-electron chi connectivity index (χ0n) is 24.4. The summed E-state index contributed by atoms with van der Waals surface area (Å²) in [7, 11) is -2.11. The number of amides is 1. The second kappa shape index (κ2) is 10.4. The molecular formula is C30H31N9O4S. The molecule has 5 aromatic rings. The van der Waals surface area contributed by atoms with Crippen molar-refractivity contribution in [3.63, 3.8) is 0 Å². The first kappa shape index (κ1) is 28.0. The fourth-order valence-electron chi connectivity index (χ4n) is 6.80. The number of hydrogen-bond donors (Lipinski definition) is 2. The number of rotatable bonds is 6. The average Bonchev–Trinajstić information content (AvgIpc) is 3.75. The molecule has 2 bridgehead atoms. The summed E-state index contributed by atoms with van der Waals surface area (Å²) in [6.45, 7) is 1.98. The molecular weight excluding hydrogens is 582 g/mol. The van der Waals surface area contributed by atoms with Crippen LogP contribution in [0.1, 0.15) is 53.5 Å². The van der Waals surface area contributed by atoms with Gasteiger partial charge < -0.3 is 20.4 Å². The van der Waals surface area contributed by atoms with Crippen LogP contribution in [0.5, 0.6) is 5.75 Å². The van der Waals surface area contributed by atoms with Crippen molar-refractivity contribution in [2.24, 2.45) is 0 Å². The first-order valence-electron chi connectivity index (χ1n) is 14.3. The zero-order valence-corrected chi connectivity index (χ0v) is 25.2. The Bertz CT molecular complexity index is 1990. The SMILES string of the molecule is COc1ccc(-c2ccc(-c3cnn4c(N)c(S(C)(=O)=O)c(C5CC6CCC(C5)N6C(=O)c5nnc[nH]5)nc34)cn2)cc1C. The monoisotopic (exact) mass is 613 g/mol. The van der Waals surface area contributed by atoms with E-state index >= 15 is 0 Å². The summed E-state index contributed by atoms with van der Waals surface area (Å²) in [6, 6.07) is 9.61. The van der Waals surface area contributed by atoms with Crippen molar-refractivity contribution in [1.29, 1.82) is 0 Å². The molecule has 226 valence electrons. The maximum absolute atomic E-state index is 13.2. The van der Waals surface area contributed by atoms with E-state index in [4.69, 9.17) is 20.4 Å². The maximum atomic E-state index is 13.2. The van der Waals surface area contributed by atoms with Crippen LogP contribution in [0.2, 0.25) is 0 Å². The van der Waals surface area contributed by atoms with E-state index in [1.54, 1.807) is 19.5 Å². The van der Waals surface area contributed by atoms with Gasteiger partial charge in [0.25, 0.3) is 5.91 Å². The van der Waals surface area contributed by atoms with Gasteiger partial charge in [0.2, 0.25) is 5.82 Å². The number of piperidine rings is 1. The van der Waals surface area contributed by atoms with Crippen LogP contribution in [0, 0.1) is 6.92 Å². The number of aryl methyl sites for hydroxylation is 1. The lowest BCUT2D eigenvalue weighted by molar-refractivity contribution is 0.0556. The lowest BCUT2D eigenvalue weighted by Gasteiger charge is -2.38. The number of hydrogen-bond acceptors (Lipinski definition) is 10. The lowest BCUT2D eigenvalue weighted by Crippen LogP contribution is -2.46. The number of benzene rings is 1. The zero-order chi connectivity index (χ0) is 30.7. The molecule has 14 heteroatoms. The number of nitrogen functional groups attached to an aromatic ring is 1. The van der Waals surface area contributed by atoms with Gasteiger partial charge in [0.05, 0.1) is 24.7 Å². The molecule has 2 fully saturated rings. The molecule has 13 nitrogen and oxygen atoms in total. The van der Waals surface area contributed by atoms with Gasteiger partial charge in [-0.25, -0.2) is 13.4 Å². The van der Waals surface area contributed by atoms with Gasteiger partial charge in [-0.1, -0.05) is 6.07 Å². The van der Waals surface area contributed by atoms with Crippen LogP contribution in [0.3, 0.4) is 0 Å². The number of H-pyrrole nitrogens is 1. The van der Waals surface area contributed by atoms with Crippen LogP contribution in [0.25, 0.3) is 28.0 Å². The number of fused-ring (bicyclic) bond motifs is 3. The Hall–Kier alpha value is -4.85. The number of methoxy groups -OCH3 is 1. The van der Waals surface area contributed by atoms with Crippen molar-refractivity contribution in [3.05, 3.63) is 66.1 Å². The number of ether oxygens (including phenoxy) is 1. The summed E-state index contributed by atoms with van der Waals surface area (Å²) in [6.07, 6.45) is 8.65. The van der Waals surface area contributed by atoms with E-state index in [-0.39, 0.29) is 40.4 Å². The van der Waals surface area contributed by atoms with Crippen LogP contribution in [0.15, 0.2) is 53.9 Å². The second-order valence-corrected chi connectivity index (χ2v) is 13.4. The van der Waals surface area contributed by atoms with Crippen LogP contribution in [0.4, 0.5) is 5.82 Å². The predicted molar refractivity (Wildman–Crippen MR) is 162 cm³/mol. The van der Waals surface area contributed by atoms with Gasteiger partial charge in [0.15, 0.2) is 15.5 Å². The Labute approximate surface area is 253 Å². The number of nitrogens with one attached hydrogen (secondary N) is 1. The van der Waals surface area contributed by atoms with Gasteiger partial charge in [-0.3, -0.25) is 9.78 Å². The Morgan fingerprint density at radius 3 is 2.45 bits per heavy atom. The fraction of sp³-hybridized carbons (Fsp3) is 0.333. The summed E-state index contributed by atoms with van der Waals surface area (Å²) in [5.41, 5.74) is 11.6. The second-order valence-electron chi connectivity index (χ2n) is 11.5. The maximum Gasteiger partial charge on any atom is 0.292 e. The summed E-state index contributed by atoms with van der Waals surface area (Å²) >= 11 is 0. The quantitative estimate of drug-likeness (QED) is 0.289. The predicted octanol–water partition coefficient (Wildman–Crippen LogP) is 3.43. The number of nitrogens with two attached hydrogens (primary N) is 1. The van der Waals surface area contributed by atoms with E-state index in [0.29, 0.717) is 29.7 Å². The summed E-state index contributed by atoms with van der Waals surface area (Å²) < 4.78 is 33.0. The van der Waals surface area contributed by atoms with Crippen LogP contribution < -0.4 is 10.5 Å². The van der Waals surface area contributed by atoms with Gasteiger partial charge in [-0.05, 0) is 62.4 Å². The molecule has 2 aliphatic rings. The standard InChI is InChI=1S/C30H31N9O4S/c1-16-10-17(5-9-24(16)43-2)23-8-4-18(13-32-23)22-14-35-39-27(31)26(44(3,41)42)25(36-29(22)39)19-11-20-6-7-21(12-19)38(20)30(40)28-33-15-34-37-28/h4-5,8-10,13-15,19-21H,6-7,11-12,31H2,1-3H3,(H,33,34,37). The highest BCUT2D eigenvalue weighted by Crippen LogP contribution is 2.45. The molecule has 2 atom stereocenters. The molecule has 4 aromatic heterocycles. The van der Waals surface area contributed by atoms with Crippen LogP contribution in [-0.4, -0.2) is 79.4 Å². The highest BCUT2D eigenvalue weighted by molar-refractivity contribution is 7.91. The number of anilines is 1. The molecule has 0 radical (unpaired) electrons. The molecule has 0 saturated carbocycles. The van der Waals surface area contributed by atoms with E-state index < -0.39 is 9.84 Å². The van der Waals surface area contributed by atoms with Crippen molar-refractivity contribution < 1.29 is 17.9 Å². The minimum absolute atomic E-state index is 0.0117. The Morgan fingerprint density at radius 1 is 1.09 bits per heavy atom. The largest absolute Gasteiger partial charge is 0.496 e. The van der Waals surface area contributed by atoms with Crippen molar-refractivity contribution in [2.45, 2.75) is 55.5 Å². The van der Waals surface area contributed by atoms with Gasteiger partial charge in [-0.2, -0.15) is 9.61 Å². The lowest BCUT2D eigenvalue weighted by atomic mass is 9.87. The average molecular weight is 614 g/mol. The third-order valence-electron chi connectivity index (χ3n) is 8.77. The van der Waals surface area contributed by atoms with Crippen molar-refractivity contribution in [3.8, 4) is 28.1 Å². The van der Waals surface area contributed by atoms with E-state index in [0.717, 1.165) is 47.2 Å². The first-order valence-corrected chi connectivity index (χ1v) is 16.2. The number of sulfone groups is 1. The van der Waals surface area contributed by atoms with E-state index in [9.17, 15) is 13.2 Å². The molecule has 6 heterocycles. The smallest absolute Gasteiger partial charge is 0.292 e. The van der Waals surface area contributed by atoms with E-state index in [2.05, 4.69) is 20.3 Å². The van der Waals surface area contributed by atoms with Gasteiger partial charge >= 0.3 is 0 Å². The minimum atomic E-state index is -3.76. The number of carbonyl (C=O) groups excluding carboxylic acids is 1. The normalized spacial score (nSPS) is 19.9. The Morgan fingerprint density at radius 2 is 1.84 bits per heavy atom. The Kier molecular flexibility index (Phi) is 6.61. The number of aromatic nitrogens is 7. The molecule has 2 aliphatic heterocycles. The van der Waals surface area contributed by atoms with Gasteiger partial charge in [-0.15, -0.1) is 10.2 Å². The summed E-state index contributed by atoms with van der Waals surface area (Å²) in [5.74, 6) is 0.615. The molecule has 44 heavy (non-hydrogen) atoms. The van der Waals surface area contributed by atoms with Crippen LogP contribution in [-0.2, 0) is 9.84 Å². The summed E-state index contributed by atoms with van der Waals surface area (Å²) in [5, 5.41) is 12.1. The van der Waals surface area contributed by atoms with Crippen molar-refractivity contribution >= 4 is 27.2 Å². The molecule has 3 N–H and O–H groups in total. The number of aromatic amines is 1. The number of pyridine rings is 1. The molecule has 2 saturated heterocycles. The number of carbonyl (C=O) groups is 1. The summed E-state index contributed by atoms with van der Waals surface area (Å²) in [4.78, 5) is 27.5. The van der Waals surface area contributed by atoms with Crippen molar-refractivity contribution in [1.82, 2.24) is 39.7 Å². The van der Waals surface area contributed by atoms with Gasteiger partial charge in [0.1, 0.15) is 22.8 Å². The third-order valence-corrected chi connectivity index (χ3v) is 9.93. The highest BCUT2D eigenvalue weighted by atomic mass is 32.2. The van der Waals surface area contributed by atoms with Crippen LogP contribution >= 0.6 is 0 Å². The molecule has 1 aromatic carbocycles. The number of nitrogens with zero attached hydrogens (tertiary/aromatic N) is 7. The molecule has 0 spiro atoms. The van der Waals surface area contributed by atoms with Gasteiger partial charge in [0, 0.05) is 47.1 Å². The third kappa shape index (κ3) is 4.56. The first-order chi connectivity index (χ1) is 21.1. The van der Waals surface area contributed by atoms with Crippen molar-refractivity contribution in [2.75, 3.05) is 19.1 Å². The highest BCUT2D eigenvalue weighted by Gasteiger charge is 2.46. The van der Waals surface area contributed by atoms with E-state index in [1.165, 1.54) is 10.8 Å². The topological polar surface area (TPSA) is 174 Å². The fourth-order valence-corrected chi connectivity index (χ4v) is 7.86. The molecule has 1 amide bonds. The molecule has 7 rings (SSSR count). The minimum Gasteiger partial charge on any atom is -0.496 e. The Balaban J connectivity index is 1.26. The van der Waals surface area contributed by atoms with E-state index in [1.807, 2.05) is 42.2 Å².